The Balaban J connectivity index is 0.000000146. The molecule has 128 heavy (non-hydrogen) atoms. The van der Waals surface area contributed by atoms with Crippen molar-refractivity contribution in [2.45, 2.75) is 55.3 Å². The molecule has 0 spiro atoms. The number of carbonyl (C=O) groups is 5. The SMILES string of the molecule is N#CCC(=O)N1CCN(c2nc(-c3c[nH]c4ncc(Cl)cc34)ncc2F)[C@@H](C(=O)NCC(F)(F)F)C1.O=C(NCC(F)(F)F)C1COCCN1c1nc(-c2c[nH]c3ncc(Cl)cc23)ncc1F.O=C(NCC(F)(F)F)[C@@H]1CNCCN1c1ccnc(-c2c[nH]c3ncc(Cl)cc23)n1.O=C(NCC(F)(F)F)[C@@H]1CNCCN1c1nc(-c2c[nH]c3ncc(Cl)cc23)ncc1F. The van der Waals surface area contributed by atoms with Gasteiger partial charge in [0, 0.05) is 158 Å². The number of morpholine rings is 1. The molecule has 16 heterocycles. The Morgan fingerprint density at radius 1 is 0.438 bits per heavy atom. The predicted octanol–water partition coefficient (Wildman–Crippen LogP) is 9.52. The maximum atomic E-state index is 14.9. The first kappa shape index (κ1) is 92.8. The van der Waals surface area contributed by atoms with Crippen LogP contribution in [-0.4, -0.2) is 268 Å². The quantitative estimate of drug-likeness (QED) is 0.0379. The highest BCUT2D eigenvalue weighted by Crippen LogP contribution is 2.36. The molecule has 34 nitrogen and oxygen atoms in total. The van der Waals surface area contributed by atoms with E-state index in [0.29, 0.717) is 112 Å². The lowest BCUT2D eigenvalue weighted by Gasteiger charge is -2.41. The Morgan fingerprint density at radius 3 is 1.16 bits per heavy atom. The third-order valence-electron chi connectivity index (χ3n) is 19.5. The highest BCUT2D eigenvalue weighted by atomic mass is 35.5. The van der Waals surface area contributed by atoms with Gasteiger partial charge in [-0.2, -0.15) is 57.9 Å². The fourth-order valence-electron chi connectivity index (χ4n) is 13.7. The number of anilines is 4. The number of hydrogen-bond donors (Lipinski definition) is 10. The maximum Gasteiger partial charge on any atom is 0.405 e. The van der Waals surface area contributed by atoms with Crippen LogP contribution in [0.4, 0.5) is 89.1 Å². The second-order valence-electron chi connectivity index (χ2n) is 28.2. The van der Waals surface area contributed by atoms with Gasteiger partial charge < -0.3 is 81.1 Å². The molecular formula is C75H65Cl4F15N28O6. The van der Waals surface area contributed by atoms with E-state index in [2.05, 4.69) is 90.4 Å². The van der Waals surface area contributed by atoms with Crippen LogP contribution in [0.2, 0.25) is 20.1 Å². The number of rotatable bonds is 17. The van der Waals surface area contributed by atoms with Crippen LogP contribution in [0.25, 0.3) is 89.7 Å². The van der Waals surface area contributed by atoms with Crippen LogP contribution < -0.4 is 51.5 Å². The topological polar surface area (TPSA) is 425 Å². The number of nitriles is 1. The monoisotopic (exact) mass is 1880 g/mol. The molecule has 0 radical (unpaired) electrons. The number of fused-ring (bicyclic) bond motifs is 4. The molecule has 12 aromatic heterocycles. The molecule has 4 fully saturated rings. The van der Waals surface area contributed by atoms with Gasteiger partial charge in [-0.05, 0) is 30.3 Å². The largest absolute Gasteiger partial charge is 0.405 e. The molecule has 53 heteroatoms. The summed E-state index contributed by atoms with van der Waals surface area (Å²) in [6.07, 6.45) is -2.14. The van der Waals surface area contributed by atoms with E-state index in [4.69, 9.17) is 56.4 Å². The summed E-state index contributed by atoms with van der Waals surface area (Å²) in [6.45, 7) is -4.71. The van der Waals surface area contributed by atoms with Crippen molar-refractivity contribution in [3.05, 3.63) is 142 Å². The van der Waals surface area contributed by atoms with Gasteiger partial charge in [0.2, 0.25) is 29.5 Å². The molecule has 4 atom stereocenters. The van der Waals surface area contributed by atoms with E-state index >= 15 is 0 Å². The molecule has 12 aromatic rings. The van der Waals surface area contributed by atoms with Crippen LogP contribution in [0.3, 0.4) is 0 Å². The summed E-state index contributed by atoms with van der Waals surface area (Å²) in [5.74, 6) is -6.32. The number of nitrogens with zero attached hydrogens (tertiary/aromatic N) is 18. The van der Waals surface area contributed by atoms with E-state index in [1.807, 2.05) is 10.6 Å². The van der Waals surface area contributed by atoms with Gasteiger partial charge in [0.05, 0.1) is 64.5 Å². The number of amides is 5. The number of aromatic nitrogens is 16. The molecule has 1 unspecified atom stereocenters. The summed E-state index contributed by atoms with van der Waals surface area (Å²) >= 11 is 24.1. The van der Waals surface area contributed by atoms with E-state index in [9.17, 15) is 89.8 Å². The average molecular weight is 1880 g/mol. The minimum atomic E-state index is -4.68. The summed E-state index contributed by atoms with van der Waals surface area (Å²) in [7, 11) is 0. The van der Waals surface area contributed by atoms with Gasteiger partial charge in [-0.3, -0.25) is 24.0 Å². The number of ether oxygens (including phenoxy) is 1. The Kier molecular flexibility index (Phi) is 28.7. The average Bonchev–Trinajstić information content (AvgIpc) is 1.66. The Bertz CT molecular complexity index is 5940. The first-order valence-corrected chi connectivity index (χ1v) is 39.4. The number of carbonyl (C=O) groups excluding carboxylic acids is 5. The summed E-state index contributed by atoms with van der Waals surface area (Å²) in [6, 6.07) is 5.46. The molecule has 0 aliphatic carbocycles. The third kappa shape index (κ3) is 22.9. The van der Waals surface area contributed by atoms with Crippen molar-refractivity contribution in [1.29, 1.82) is 5.26 Å². The smallest absolute Gasteiger partial charge is 0.377 e. The van der Waals surface area contributed by atoms with Crippen molar-refractivity contribution >= 4 is 143 Å². The van der Waals surface area contributed by atoms with E-state index in [-0.39, 0.29) is 94.0 Å². The molecule has 5 amide bonds. The van der Waals surface area contributed by atoms with Crippen molar-refractivity contribution < 1.29 is 94.6 Å². The van der Waals surface area contributed by atoms with Crippen LogP contribution in [-0.2, 0) is 28.7 Å². The number of nitrogens with one attached hydrogen (secondary N) is 10. The standard InChI is InChI=1S/C21H17ClF4N8O2.C18H16ClF4N7O.C18H15ClF4N6O2.C18H17ClF3N7O/c22-11-5-12-13(7-29-17(12)28-6-11)18-30-8-14(23)19(32-18)34-4-3-33(16(35)1-2-27)9-15(34)20(36)31-10-21(24,25)26;19-9-3-10-11(5-26-14(10)25-4-9)15-27-6-12(20)16(29-15)30-2-1-24-7-13(30)17(31)28-8-18(21,22)23;19-9-3-10-11(5-25-14(10)24-4-9)15-26-6-12(20)16(28-15)29-1-2-31-7-13(29)17(30)27-8-18(21,22)23;19-10-5-11-12(7-26-15(11)25-6-10)16-24-2-1-14(28-16)29-4-3-23-8-13(29)17(30)27-9-18(20,21)22/h5-8,15H,1,3-4,9-10H2,(H,28,29)(H,31,36);3-6,13,24H,1-2,7-8H2,(H,25,26)(H,28,31);3-6,13H,1-2,7-8H2,(H,24,25)(H,27,30);1-2,5-7,13,23H,3-4,8-9H2,(H,25,26)(H,27,30)/t15-;13-;;13-/m10.0/s1. The Morgan fingerprint density at radius 2 is 0.781 bits per heavy atom. The molecule has 674 valence electrons. The Hall–Kier alpha value is -12.9. The summed E-state index contributed by atoms with van der Waals surface area (Å²) in [5, 5.41) is 26.2. The molecule has 0 aromatic carbocycles. The normalized spacial score (nSPS) is 16.9. The molecular weight excluding hydrogens is 1820 g/mol. The van der Waals surface area contributed by atoms with Crippen molar-refractivity contribution in [3.63, 3.8) is 0 Å². The zero-order valence-electron chi connectivity index (χ0n) is 65.3. The molecule has 0 saturated carbocycles. The first-order chi connectivity index (χ1) is 60.8. The second kappa shape index (κ2) is 39.6. The first-order valence-electron chi connectivity index (χ1n) is 37.9. The molecule has 16 rings (SSSR count). The van der Waals surface area contributed by atoms with Crippen molar-refractivity contribution in [2.75, 3.05) is 124 Å². The van der Waals surface area contributed by atoms with Crippen LogP contribution in [0, 0.1) is 28.8 Å². The van der Waals surface area contributed by atoms with Gasteiger partial charge in [-0.15, -0.1) is 0 Å². The number of piperazine rings is 3. The molecule has 0 bridgehead atoms. The Labute approximate surface area is 729 Å². The second-order valence-corrected chi connectivity index (χ2v) is 29.9. The lowest BCUT2D eigenvalue weighted by Crippen LogP contribution is -2.61. The van der Waals surface area contributed by atoms with E-state index in [0.717, 1.165) is 24.0 Å². The number of H-pyrrole nitrogens is 4. The summed E-state index contributed by atoms with van der Waals surface area (Å²) in [4.78, 5) is 131. The van der Waals surface area contributed by atoms with Crippen LogP contribution >= 0.6 is 46.4 Å². The minimum Gasteiger partial charge on any atom is -0.377 e. The third-order valence-corrected chi connectivity index (χ3v) is 20.4. The van der Waals surface area contributed by atoms with Crippen molar-refractivity contribution in [3.8, 4) is 51.6 Å². The maximum absolute atomic E-state index is 14.9. The lowest BCUT2D eigenvalue weighted by molar-refractivity contribution is -0.141. The van der Waals surface area contributed by atoms with Crippen molar-refractivity contribution in [2.24, 2.45) is 0 Å². The highest BCUT2D eigenvalue weighted by molar-refractivity contribution is 6.32. The molecule has 10 N–H and O–H groups in total. The predicted molar refractivity (Wildman–Crippen MR) is 433 cm³/mol. The number of hydrogen-bond acceptors (Lipinski definition) is 25. The lowest BCUT2D eigenvalue weighted by atomic mass is 10.1. The summed E-state index contributed by atoms with van der Waals surface area (Å²) < 4.78 is 200. The minimum absolute atomic E-state index is 0.00501. The number of halogens is 19. The van der Waals surface area contributed by atoms with E-state index in [1.165, 1.54) is 50.6 Å². The van der Waals surface area contributed by atoms with E-state index in [1.54, 1.807) is 76.7 Å². The van der Waals surface area contributed by atoms with Gasteiger partial charge >= 0.3 is 24.7 Å². The van der Waals surface area contributed by atoms with Gasteiger partial charge in [0.1, 0.15) is 85.2 Å². The fraction of sp³-hybridized carbons (Fsp3) is 0.333. The highest BCUT2D eigenvalue weighted by Gasteiger charge is 2.42. The number of alkyl halides is 12. The zero-order valence-corrected chi connectivity index (χ0v) is 68.3. The zero-order chi connectivity index (χ0) is 91.7. The summed E-state index contributed by atoms with van der Waals surface area (Å²) in [5.41, 5.74) is 4.26. The fourth-order valence-corrected chi connectivity index (χ4v) is 14.4. The van der Waals surface area contributed by atoms with Crippen LogP contribution in [0.1, 0.15) is 6.42 Å². The van der Waals surface area contributed by atoms with Gasteiger partial charge in [0.15, 0.2) is 58.2 Å². The van der Waals surface area contributed by atoms with Gasteiger partial charge in [-0.25, -0.2) is 73.0 Å². The number of pyridine rings is 4. The van der Waals surface area contributed by atoms with Crippen molar-refractivity contribution in [1.82, 2.24) is 117 Å². The van der Waals surface area contributed by atoms with Crippen LogP contribution in [0.5, 0.6) is 0 Å². The molecule has 4 aliphatic heterocycles. The number of aromatic amines is 4. The van der Waals surface area contributed by atoms with Gasteiger partial charge in [-0.1, -0.05) is 46.4 Å². The molecule has 4 saturated heterocycles. The molecule has 4 aliphatic rings. The van der Waals surface area contributed by atoms with E-state index < -0.39 is 128 Å². The van der Waals surface area contributed by atoms with Gasteiger partial charge in [0.25, 0.3) is 0 Å². The van der Waals surface area contributed by atoms with Crippen LogP contribution in [0.15, 0.2) is 105 Å².